The maximum Gasteiger partial charge on any atom is 0.412 e. The average molecular weight is 401 g/mol. The molecule has 0 aliphatic rings. The number of benzene rings is 4. The van der Waals surface area contributed by atoms with Crippen molar-refractivity contribution in [1.29, 1.82) is 0 Å². The number of aromatic hydroxyl groups is 1. The number of fused-ring (bicyclic) bond motifs is 2. The van der Waals surface area contributed by atoms with E-state index in [-0.39, 0.29) is 12.4 Å². The van der Waals surface area contributed by atoms with Crippen LogP contribution in [0.2, 0.25) is 0 Å². The lowest BCUT2D eigenvalue weighted by Gasteiger charge is -2.21. The third-order valence-corrected chi connectivity index (χ3v) is 5.18. The zero-order valence-electron chi connectivity index (χ0n) is 16.4. The Morgan fingerprint density at radius 2 is 1.57 bits per heavy atom. The SMILES string of the molecule is O=C(Nc1cccc2ccccc12)O[C@H](CCCO)c1ccc(O)c2ccccc12. The summed E-state index contributed by atoms with van der Waals surface area (Å²) in [6.07, 6.45) is -0.167. The van der Waals surface area contributed by atoms with Gasteiger partial charge in [0.25, 0.3) is 0 Å². The standard InChI is InChI=1S/C25H23NO4/c27-16-6-13-24(21-14-15-23(28)20-11-4-3-10-19(20)21)30-25(29)26-22-12-5-8-17-7-1-2-9-18(17)22/h1-5,7-12,14-15,24,27-28H,6,13,16H2,(H,26,29)/t24-/m1/s1. The van der Waals surface area contributed by atoms with Crippen LogP contribution < -0.4 is 5.32 Å². The molecule has 30 heavy (non-hydrogen) atoms. The number of anilines is 1. The van der Waals surface area contributed by atoms with E-state index in [4.69, 9.17) is 4.74 Å². The number of rotatable bonds is 6. The van der Waals surface area contributed by atoms with Crippen LogP contribution in [0.25, 0.3) is 21.5 Å². The number of ether oxygens (including phenoxy) is 1. The van der Waals surface area contributed by atoms with Gasteiger partial charge in [-0.1, -0.05) is 66.7 Å². The van der Waals surface area contributed by atoms with Gasteiger partial charge in [0, 0.05) is 22.9 Å². The van der Waals surface area contributed by atoms with E-state index in [1.165, 1.54) is 0 Å². The lowest BCUT2D eigenvalue weighted by atomic mass is 9.97. The Hall–Kier alpha value is -3.57. The molecular weight excluding hydrogens is 378 g/mol. The van der Waals surface area contributed by atoms with E-state index in [0.29, 0.717) is 23.9 Å². The van der Waals surface area contributed by atoms with Gasteiger partial charge in [0.1, 0.15) is 11.9 Å². The molecule has 4 rings (SSSR count). The summed E-state index contributed by atoms with van der Waals surface area (Å²) in [5, 5.41) is 25.8. The van der Waals surface area contributed by atoms with Crippen LogP contribution in [0.5, 0.6) is 5.75 Å². The molecule has 0 saturated carbocycles. The highest BCUT2D eigenvalue weighted by Crippen LogP contribution is 2.34. The maximum absolute atomic E-state index is 12.8. The van der Waals surface area contributed by atoms with Crippen LogP contribution in [0.15, 0.2) is 78.9 Å². The lowest BCUT2D eigenvalue weighted by molar-refractivity contribution is 0.100. The predicted octanol–water partition coefficient (Wildman–Crippen LogP) is 5.76. The molecule has 0 aliphatic carbocycles. The summed E-state index contributed by atoms with van der Waals surface area (Å²) in [5.74, 6) is 0.176. The highest BCUT2D eigenvalue weighted by atomic mass is 16.6. The van der Waals surface area contributed by atoms with Crippen LogP contribution in [-0.4, -0.2) is 22.9 Å². The smallest absolute Gasteiger partial charge is 0.412 e. The molecule has 4 aromatic rings. The fourth-order valence-electron chi connectivity index (χ4n) is 3.74. The highest BCUT2D eigenvalue weighted by Gasteiger charge is 2.20. The summed E-state index contributed by atoms with van der Waals surface area (Å²) in [5.41, 5.74) is 1.47. The van der Waals surface area contributed by atoms with Gasteiger partial charge >= 0.3 is 6.09 Å². The number of amides is 1. The van der Waals surface area contributed by atoms with Crippen LogP contribution in [0.4, 0.5) is 10.5 Å². The normalized spacial score (nSPS) is 12.0. The predicted molar refractivity (Wildman–Crippen MR) is 119 cm³/mol. The number of nitrogens with one attached hydrogen (secondary N) is 1. The molecule has 0 bridgehead atoms. The molecule has 5 nitrogen and oxygen atoms in total. The molecule has 0 unspecified atom stereocenters. The maximum atomic E-state index is 12.8. The molecule has 0 aromatic heterocycles. The fraction of sp³-hybridized carbons (Fsp3) is 0.160. The number of carbonyl (C=O) groups excluding carboxylic acids is 1. The topological polar surface area (TPSA) is 78.8 Å². The number of hydrogen-bond acceptors (Lipinski definition) is 4. The van der Waals surface area contributed by atoms with Crippen LogP contribution in [-0.2, 0) is 4.74 Å². The fourth-order valence-corrected chi connectivity index (χ4v) is 3.74. The Morgan fingerprint density at radius 3 is 2.37 bits per heavy atom. The second-order valence-electron chi connectivity index (χ2n) is 7.13. The second-order valence-corrected chi connectivity index (χ2v) is 7.13. The molecule has 0 radical (unpaired) electrons. The summed E-state index contributed by atoms with van der Waals surface area (Å²) in [7, 11) is 0. The van der Waals surface area contributed by atoms with Crippen LogP contribution in [0, 0.1) is 0 Å². The Bertz CT molecular complexity index is 1180. The van der Waals surface area contributed by atoms with E-state index in [0.717, 1.165) is 21.7 Å². The summed E-state index contributed by atoms with van der Waals surface area (Å²) in [6.45, 7) is 0.000812. The first-order chi connectivity index (χ1) is 14.7. The molecule has 1 atom stereocenters. The number of carbonyl (C=O) groups is 1. The van der Waals surface area contributed by atoms with Gasteiger partial charge < -0.3 is 14.9 Å². The Balaban J connectivity index is 1.62. The van der Waals surface area contributed by atoms with Crippen molar-refractivity contribution in [3.63, 3.8) is 0 Å². The van der Waals surface area contributed by atoms with Gasteiger partial charge in [0.15, 0.2) is 0 Å². The average Bonchev–Trinajstić information content (AvgIpc) is 2.77. The number of phenols is 1. The van der Waals surface area contributed by atoms with E-state index >= 15 is 0 Å². The summed E-state index contributed by atoms with van der Waals surface area (Å²) < 4.78 is 5.80. The monoisotopic (exact) mass is 401 g/mol. The Morgan fingerprint density at radius 1 is 0.867 bits per heavy atom. The second kappa shape index (κ2) is 8.84. The molecule has 0 fully saturated rings. The molecule has 3 N–H and O–H groups in total. The summed E-state index contributed by atoms with van der Waals surface area (Å²) in [6, 6.07) is 24.3. The van der Waals surface area contributed by atoms with Crippen LogP contribution in [0.1, 0.15) is 24.5 Å². The molecular formula is C25H23NO4. The number of aliphatic hydroxyl groups is 1. The Labute approximate surface area is 174 Å². The van der Waals surface area contributed by atoms with Gasteiger partial charge in [-0.3, -0.25) is 5.32 Å². The van der Waals surface area contributed by atoms with Crippen molar-refractivity contribution < 1.29 is 19.7 Å². The van der Waals surface area contributed by atoms with Crippen molar-refractivity contribution in [2.75, 3.05) is 11.9 Å². The first-order valence-corrected chi connectivity index (χ1v) is 9.94. The molecule has 4 aromatic carbocycles. The lowest BCUT2D eigenvalue weighted by Crippen LogP contribution is -2.18. The molecule has 5 heteroatoms. The Kier molecular flexibility index (Phi) is 5.82. The van der Waals surface area contributed by atoms with E-state index in [1.807, 2.05) is 66.7 Å². The van der Waals surface area contributed by atoms with Crippen molar-refractivity contribution in [3.8, 4) is 5.75 Å². The molecule has 152 valence electrons. The number of aliphatic hydroxyl groups excluding tert-OH is 1. The van der Waals surface area contributed by atoms with E-state index < -0.39 is 12.2 Å². The minimum Gasteiger partial charge on any atom is -0.507 e. The summed E-state index contributed by atoms with van der Waals surface area (Å²) >= 11 is 0. The van der Waals surface area contributed by atoms with Crippen LogP contribution >= 0.6 is 0 Å². The number of hydrogen-bond donors (Lipinski definition) is 3. The number of phenolic OH excluding ortho intramolecular Hbond substituents is 1. The van der Waals surface area contributed by atoms with Crippen molar-refractivity contribution in [2.24, 2.45) is 0 Å². The van der Waals surface area contributed by atoms with Crippen molar-refractivity contribution in [3.05, 3.63) is 84.4 Å². The zero-order valence-corrected chi connectivity index (χ0v) is 16.4. The van der Waals surface area contributed by atoms with Gasteiger partial charge in [-0.2, -0.15) is 0 Å². The van der Waals surface area contributed by atoms with E-state index in [2.05, 4.69) is 5.32 Å². The zero-order chi connectivity index (χ0) is 20.9. The van der Waals surface area contributed by atoms with Gasteiger partial charge in [0.05, 0.1) is 5.69 Å². The quantitative estimate of drug-likeness (QED) is 0.384. The minimum absolute atomic E-state index is 0.000812. The molecule has 0 aliphatic heterocycles. The first-order valence-electron chi connectivity index (χ1n) is 9.94. The highest BCUT2D eigenvalue weighted by molar-refractivity contribution is 6.00. The van der Waals surface area contributed by atoms with Gasteiger partial charge in [-0.05, 0) is 35.7 Å². The van der Waals surface area contributed by atoms with E-state index in [9.17, 15) is 15.0 Å². The molecule has 0 spiro atoms. The first kappa shape index (κ1) is 19.7. The minimum atomic E-state index is -0.563. The largest absolute Gasteiger partial charge is 0.507 e. The summed E-state index contributed by atoms with van der Waals surface area (Å²) in [4.78, 5) is 12.8. The molecule has 0 saturated heterocycles. The molecule has 0 heterocycles. The van der Waals surface area contributed by atoms with Crippen molar-refractivity contribution >= 4 is 33.3 Å². The van der Waals surface area contributed by atoms with Gasteiger partial charge in [0.2, 0.25) is 0 Å². The third kappa shape index (κ3) is 4.07. The van der Waals surface area contributed by atoms with Crippen molar-refractivity contribution in [1.82, 2.24) is 0 Å². The van der Waals surface area contributed by atoms with E-state index in [1.54, 1.807) is 12.1 Å². The molecule has 1 amide bonds. The van der Waals surface area contributed by atoms with Gasteiger partial charge in [-0.15, -0.1) is 0 Å². The van der Waals surface area contributed by atoms with Crippen molar-refractivity contribution in [2.45, 2.75) is 18.9 Å². The van der Waals surface area contributed by atoms with Gasteiger partial charge in [-0.25, -0.2) is 4.79 Å². The third-order valence-electron chi connectivity index (χ3n) is 5.18. The van der Waals surface area contributed by atoms with Crippen LogP contribution in [0.3, 0.4) is 0 Å².